The fourth-order valence-electron chi connectivity index (χ4n) is 2.91. The minimum absolute atomic E-state index is 0.0744. The lowest BCUT2D eigenvalue weighted by molar-refractivity contribution is -0.118. The number of hydrogen-bond acceptors (Lipinski definition) is 4. The van der Waals surface area contributed by atoms with E-state index in [-0.39, 0.29) is 5.91 Å². The molecule has 0 aliphatic carbocycles. The van der Waals surface area contributed by atoms with Gasteiger partial charge in [-0.25, -0.2) is 4.98 Å². The van der Waals surface area contributed by atoms with E-state index in [2.05, 4.69) is 14.9 Å². The highest BCUT2D eigenvalue weighted by Gasteiger charge is 2.24. The second-order valence-electron chi connectivity index (χ2n) is 5.61. The summed E-state index contributed by atoms with van der Waals surface area (Å²) in [5.41, 5.74) is 2.72. The lowest BCUT2D eigenvalue weighted by Crippen LogP contribution is -2.34. The Balaban J connectivity index is 1.98. The molecule has 2 aromatic rings. The van der Waals surface area contributed by atoms with E-state index in [4.69, 9.17) is 16.3 Å². The normalized spacial score (nSPS) is 13.4. The molecule has 0 saturated heterocycles. The molecule has 1 aliphatic heterocycles. The van der Waals surface area contributed by atoms with Crippen LogP contribution in [-0.2, 0) is 11.3 Å². The first-order chi connectivity index (χ1) is 11.6. The molecule has 0 atom stereocenters. The molecule has 0 unspecified atom stereocenters. The smallest absolute Gasteiger partial charge is 0.226 e. The standard InChI is InChI=1S/C17H21ClN4O2/c1-3-16(23)22(4-2)13-7-14(18)17-15(8-13)21(5-6-24-17)10-12-9-19-11-20-12/h7-9,11H,3-6,10H2,1-2H3,(H,19,20). The molecule has 0 bridgehead atoms. The van der Waals surface area contributed by atoms with E-state index in [1.54, 1.807) is 23.5 Å². The monoisotopic (exact) mass is 348 g/mol. The van der Waals surface area contributed by atoms with Gasteiger partial charge in [-0.15, -0.1) is 0 Å². The molecule has 2 heterocycles. The second-order valence-corrected chi connectivity index (χ2v) is 6.02. The molecule has 1 aromatic carbocycles. The Morgan fingerprint density at radius 1 is 1.46 bits per heavy atom. The molecular formula is C17H21ClN4O2. The third-order valence-electron chi connectivity index (χ3n) is 4.10. The third-order valence-corrected chi connectivity index (χ3v) is 4.39. The fourth-order valence-corrected chi connectivity index (χ4v) is 3.17. The Kier molecular flexibility index (Phi) is 4.94. The van der Waals surface area contributed by atoms with Gasteiger partial charge in [-0.1, -0.05) is 18.5 Å². The number of carbonyl (C=O) groups is 1. The van der Waals surface area contributed by atoms with Gasteiger partial charge in [0.05, 0.1) is 35.8 Å². The highest BCUT2D eigenvalue weighted by molar-refractivity contribution is 6.33. The molecule has 7 heteroatoms. The first-order valence-corrected chi connectivity index (χ1v) is 8.50. The third kappa shape index (κ3) is 3.19. The van der Waals surface area contributed by atoms with Gasteiger partial charge in [0, 0.05) is 24.8 Å². The van der Waals surface area contributed by atoms with Crippen molar-refractivity contribution >= 4 is 28.9 Å². The number of rotatable bonds is 5. The van der Waals surface area contributed by atoms with Crippen molar-refractivity contribution in [1.29, 1.82) is 0 Å². The first-order valence-electron chi connectivity index (χ1n) is 8.13. The van der Waals surface area contributed by atoms with E-state index in [0.717, 1.165) is 23.6 Å². The summed E-state index contributed by atoms with van der Waals surface area (Å²) in [4.78, 5) is 23.3. The minimum atomic E-state index is 0.0744. The number of H-pyrrole nitrogens is 1. The SMILES string of the molecule is CCC(=O)N(CC)c1cc(Cl)c2c(c1)N(Cc1cnc[nH]1)CCO2. The highest BCUT2D eigenvalue weighted by atomic mass is 35.5. The molecule has 0 saturated carbocycles. The number of halogens is 1. The van der Waals surface area contributed by atoms with Gasteiger partial charge in [-0.05, 0) is 19.1 Å². The summed E-state index contributed by atoms with van der Waals surface area (Å²) >= 11 is 6.43. The van der Waals surface area contributed by atoms with Crippen LogP contribution in [0.2, 0.25) is 5.02 Å². The zero-order valence-corrected chi connectivity index (χ0v) is 14.6. The van der Waals surface area contributed by atoms with Crippen LogP contribution in [0, 0.1) is 0 Å². The van der Waals surface area contributed by atoms with E-state index in [1.165, 1.54) is 0 Å². The van der Waals surface area contributed by atoms with Crippen LogP contribution in [0.25, 0.3) is 0 Å². The van der Waals surface area contributed by atoms with Gasteiger partial charge in [-0.2, -0.15) is 0 Å². The summed E-state index contributed by atoms with van der Waals surface area (Å²) in [5.74, 6) is 0.747. The van der Waals surface area contributed by atoms with Crippen LogP contribution < -0.4 is 14.5 Å². The number of imidazole rings is 1. The molecule has 3 rings (SSSR count). The predicted molar refractivity (Wildman–Crippen MR) is 94.9 cm³/mol. The lowest BCUT2D eigenvalue weighted by Gasteiger charge is -2.33. The average Bonchev–Trinajstić information content (AvgIpc) is 3.09. The Bertz CT molecular complexity index is 718. The van der Waals surface area contributed by atoms with E-state index >= 15 is 0 Å². The maximum absolute atomic E-state index is 12.2. The van der Waals surface area contributed by atoms with E-state index in [1.807, 2.05) is 19.9 Å². The molecule has 1 N–H and O–H groups in total. The summed E-state index contributed by atoms with van der Waals surface area (Å²) < 4.78 is 5.76. The molecule has 6 nitrogen and oxygen atoms in total. The summed E-state index contributed by atoms with van der Waals surface area (Å²) in [5, 5.41) is 0.527. The summed E-state index contributed by atoms with van der Waals surface area (Å²) in [6, 6.07) is 3.78. The average molecular weight is 349 g/mol. The molecule has 0 fully saturated rings. The van der Waals surface area contributed by atoms with Gasteiger partial charge in [-0.3, -0.25) is 4.79 Å². The van der Waals surface area contributed by atoms with Gasteiger partial charge in [0.2, 0.25) is 5.91 Å². The number of benzene rings is 1. The van der Waals surface area contributed by atoms with Crippen molar-refractivity contribution in [3.8, 4) is 5.75 Å². The number of fused-ring (bicyclic) bond motifs is 1. The number of nitrogens with one attached hydrogen (secondary N) is 1. The van der Waals surface area contributed by atoms with Crippen molar-refractivity contribution in [3.05, 3.63) is 35.4 Å². The molecule has 0 radical (unpaired) electrons. The number of amides is 1. The number of aromatic amines is 1. The number of carbonyl (C=O) groups excluding carboxylic acids is 1. The Labute approximate surface area is 146 Å². The zero-order valence-electron chi connectivity index (χ0n) is 13.9. The van der Waals surface area contributed by atoms with Crippen LogP contribution >= 0.6 is 11.6 Å². The molecular weight excluding hydrogens is 328 g/mol. The van der Waals surface area contributed by atoms with E-state index in [0.29, 0.717) is 36.9 Å². The number of anilines is 2. The van der Waals surface area contributed by atoms with E-state index in [9.17, 15) is 4.79 Å². The number of hydrogen-bond donors (Lipinski definition) is 1. The lowest BCUT2D eigenvalue weighted by atomic mass is 10.1. The second kappa shape index (κ2) is 7.13. The molecule has 24 heavy (non-hydrogen) atoms. The van der Waals surface area contributed by atoms with Crippen molar-refractivity contribution in [1.82, 2.24) is 9.97 Å². The zero-order chi connectivity index (χ0) is 17.1. The molecule has 1 aliphatic rings. The predicted octanol–water partition coefficient (Wildman–Crippen LogP) is 3.23. The van der Waals surface area contributed by atoms with Crippen molar-refractivity contribution in [2.24, 2.45) is 0 Å². The Morgan fingerprint density at radius 2 is 2.29 bits per heavy atom. The topological polar surface area (TPSA) is 61.5 Å². The molecule has 1 aromatic heterocycles. The van der Waals surface area contributed by atoms with Crippen molar-refractivity contribution in [2.45, 2.75) is 26.8 Å². The summed E-state index contributed by atoms with van der Waals surface area (Å²) in [7, 11) is 0. The fraction of sp³-hybridized carbons (Fsp3) is 0.412. The quantitative estimate of drug-likeness (QED) is 0.901. The first kappa shape index (κ1) is 16.6. The van der Waals surface area contributed by atoms with Crippen LogP contribution in [0.15, 0.2) is 24.7 Å². The molecule has 0 spiro atoms. The summed E-state index contributed by atoms with van der Waals surface area (Å²) in [6.45, 7) is 6.43. The largest absolute Gasteiger partial charge is 0.488 e. The maximum Gasteiger partial charge on any atom is 0.226 e. The Hall–Kier alpha value is -2.21. The molecule has 1 amide bonds. The van der Waals surface area contributed by atoms with Crippen molar-refractivity contribution in [3.63, 3.8) is 0 Å². The van der Waals surface area contributed by atoms with Crippen molar-refractivity contribution < 1.29 is 9.53 Å². The van der Waals surface area contributed by atoms with Crippen LogP contribution in [0.3, 0.4) is 0 Å². The molecule has 128 valence electrons. The van der Waals surface area contributed by atoms with Gasteiger partial charge in [0.15, 0.2) is 5.75 Å². The van der Waals surface area contributed by atoms with Crippen molar-refractivity contribution in [2.75, 3.05) is 29.5 Å². The van der Waals surface area contributed by atoms with Gasteiger partial charge in [0.1, 0.15) is 6.61 Å². The maximum atomic E-state index is 12.2. The number of nitrogens with zero attached hydrogens (tertiary/aromatic N) is 3. The number of ether oxygens (including phenoxy) is 1. The summed E-state index contributed by atoms with van der Waals surface area (Å²) in [6.07, 6.45) is 3.93. The van der Waals surface area contributed by atoms with Crippen LogP contribution in [0.5, 0.6) is 5.75 Å². The van der Waals surface area contributed by atoms with Gasteiger partial charge in [0.25, 0.3) is 0 Å². The van der Waals surface area contributed by atoms with Crippen LogP contribution in [0.4, 0.5) is 11.4 Å². The van der Waals surface area contributed by atoms with Crippen LogP contribution in [0.1, 0.15) is 26.0 Å². The highest BCUT2D eigenvalue weighted by Crippen LogP contribution is 2.42. The van der Waals surface area contributed by atoms with Gasteiger partial charge >= 0.3 is 0 Å². The number of aromatic nitrogens is 2. The van der Waals surface area contributed by atoms with Gasteiger partial charge < -0.3 is 19.5 Å². The Morgan fingerprint density at radius 3 is 2.96 bits per heavy atom. The minimum Gasteiger partial charge on any atom is -0.488 e. The van der Waals surface area contributed by atoms with E-state index < -0.39 is 0 Å². The van der Waals surface area contributed by atoms with Crippen LogP contribution in [-0.4, -0.2) is 35.6 Å².